The molecule has 1 aromatic rings. The van der Waals surface area contributed by atoms with E-state index in [4.69, 9.17) is 9.84 Å². The molecule has 1 rings (SSSR count). The summed E-state index contributed by atoms with van der Waals surface area (Å²) in [6.07, 6.45) is 0.0995. The molecule has 1 amide bonds. The molecule has 1 atom stereocenters. The predicted octanol–water partition coefficient (Wildman–Crippen LogP) is 3.41. The lowest BCUT2D eigenvalue weighted by Gasteiger charge is -2.25. The summed E-state index contributed by atoms with van der Waals surface area (Å²) < 4.78 is 5.76. The van der Waals surface area contributed by atoms with Crippen LogP contribution in [0.5, 0.6) is 5.75 Å². The first-order valence-corrected chi connectivity index (χ1v) is 8.32. The van der Waals surface area contributed by atoms with E-state index in [1.807, 2.05) is 26.0 Å². The van der Waals surface area contributed by atoms with E-state index in [0.717, 1.165) is 0 Å². The van der Waals surface area contributed by atoms with Gasteiger partial charge >= 0.3 is 0 Å². The average Bonchev–Trinajstić information content (AvgIpc) is 2.44. The number of rotatable bonds is 8. The van der Waals surface area contributed by atoms with Crippen LogP contribution in [0.2, 0.25) is 0 Å². The second kappa shape index (κ2) is 8.34. The number of aliphatic hydroxyl groups excluding tert-OH is 1. The summed E-state index contributed by atoms with van der Waals surface area (Å²) in [6, 6.07) is 5.96. The number of carbonyl (C=O) groups excluding carboxylic acids is 1. The highest BCUT2D eigenvalue weighted by atomic mass is 16.5. The van der Waals surface area contributed by atoms with Crippen LogP contribution in [0.25, 0.3) is 0 Å². The summed E-state index contributed by atoms with van der Waals surface area (Å²) in [5.41, 5.74) is 2.34. The van der Waals surface area contributed by atoms with Crippen molar-refractivity contribution in [2.75, 3.05) is 13.2 Å². The van der Waals surface area contributed by atoms with Gasteiger partial charge in [-0.1, -0.05) is 33.8 Å². The van der Waals surface area contributed by atoms with Gasteiger partial charge in [0.15, 0.2) is 6.10 Å². The standard InChI is InChI=1S/C19H31NO3/c1-13(2)17-8-7-16(11-14(17)3)23-15(4)18(22)20-12-19(5,6)9-10-21/h7-8,11,13,15,21H,9-10,12H2,1-6H3,(H,20,22). The van der Waals surface area contributed by atoms with Gasteiger partial charge in [-0.3, -0.25) is 4.79 Å². The Kier molecular flexibility index (Phi) is 7.07. The van der Waals surface area contributed by atoms with Crippen molar-refractivity contribution in [3.63, 3.8) is 0 Å². The van der Waals surface area contributed by atoms with Crippen LogP contribution in [0.3, 0.4) is 0 Å². The zero-order chi connectivity index (χ0) is 17.6. The topological polar surface area (TPSA) is 58.6 Å². The van der Waals surface area contributed by atoms with Crippen molar-refractivity contribution in [3.8, 4) is 5.75 Å². The van der Waals surface area contributed by atoms with Crippen molar-refractivity contribution < 1.29 is 14.6 Å². The van der Waals surface area contributed by atoms with Crippen molar-refractivity contribution in [3.05, 3.63) is 29.3 Å². The first-order valence-electron chi connectivity index (χ1n) is 8.32. The molecule has 0 radical (unpaired) electrons. The maximum Gasteiger partial charge on any atom is 0.260 e. The highest BCUT2D eigenvalue weighted by Crippen LogP contribution is 2.24. The molecule has 0 fully saturated rings. The molecule has 0 saturated carbocycles. The molecule has 4 heteroatoms. The highest BCUT2D eigenvalue weighted by Gasteiger charge is 2.21. The summed E-state index contributed by atoms with van der Waals surface area (Å²) in [5.74, 6) is 1.05. The van der Waals surface area contributed by atoms with Gasteiger partial charge in [0, 0.05) is 13.2 Å². The molecule has 0 aliphatic rings. The average molecular weight is 321 g/mol. The fraction of sp³-hybridized carbons (Fsp3) is 0.632. The van der Waals surface area contributed by atoms with Gasteiger partial charge in [-0.2, -0.15) is 0 Å². The number of benzene rings is 1. The van der Waals surface area contributed by atoms with Crippen LogP contribution in [0.15, 0.2) is 18.2 Å². The van der Waals surface area contributed by atoms with Gasteiger partial charge in [0.2, 0.25) is 0 Å². The number of hydrogen-bond donors (Lipinski definition) is 2. The number of aryl methyl sites for hydroxylation is 1. The lowest BCUT2D eigenvalue weighted by atomic mass is 9.90. The van der Waals surface area contributed by atoms with Crippen LogP contribution in [0.1, 0.15) is 58.1 Å². The molecule has 4 nitrogen and oxygen atoms in total. The minimum absolute atomic E-state index is 0.121. The summed E-state index contributed by atoms with van der Waals surface area (Å²) in [6.45, 7) is 12.8. The van der Waals surface area contributed by atoms with E-state index in [2.05, 4.69) is 32.2 Å². The smallest absolute Gasteiger partial charge is 0.260 e. The molecular weight excluding hydrogens is 290 g/mol. The van der Waals surface area contributed by atoms with Crippen LogP contribution in [0.4, 0.5) is 0 Å². The molecule has 0 bridgehead atoms. The molecule has 1 unspecified atom stereocenters. The predicted molar refractivity (Wildman–Crippen MR) is 93.9 cm³/mol. The molecule has 0 aliphatic carbocycles. The lowest BCUT2D eigenvalue weighted by molar-refractivity contribution is -0.127. The molecule has 0 saturated heterocycles. The second-order valence-electron chi connectivity index (χ2n) is 7.29. The molecule has 1 aromatic carbocycles. The third-order valence-corrected chi connectivity index (χ3v) is 4.08. The zero-order valence-electron chi connectivity index (χ0n) is 15.3. The molecule has 0 heterocycles. The number of hydrogen-bond acceptors (Lipinski definition) is 3. The van der Waals surface area contributed by atoms with Gasteiger partial charge in [-0.05, 0) is 54.9 Å². The maximum atomic E-state index is 12.2. The zero-order valence-corrected chi connectivity index (χ0v) is 15.3. The molecule has 130 valence electrons. The Morgan fingerprint density at radius 2 is 1.96 bits per heavy atom. The van der Waals surface area contributed by atoms with Crippen LogP contribution in [-0.2, 0) is 4.79 Å². The van der Waals surface area contributed by atoms with Crippen molar-refractivity contribution in [2.45, 2.75) is 60.0 Å². The fourth-order valence-electron chi connectivity index (χ4n) is 2.49. The normalized spacial score (nSPS) is 13.0. The van der Waals surface area contributed by atoms with Gasteiger partial charge in [0.25, 0.3) is 5.91 Å². The number of aliphatic hydroxyl groups is 1. The highest BCUT2D eigenvalue weighted by molar-refractivity contribution is 5.80. The third kappa shape index (κ3) is 6.22. The second-order valence-corrected chi connectivity index (χ2v) is 7.29. The SMILES string of the molecule is Cc1cc(OC(C)C(=O)NCC(C)(C)CCO)ccc1C(C)C. The van der Waals surface area contributed by atoms with Gasteiger partial charge in [-0.15, -0.1) is 0 Å². The van der Waals surface area contributed by atoms with E-state index in [9.17, 15) is 4.79 Å². The Labute approximate surface area is 140 Å². The molecule has 23 heavy (non-hydrogen) atoms. The van der Waals surface area contributed by atoms with E-state index in [-0.39, 0.29) is 17.9 Å². The Morgan fingerprint density at radius 3 is 2.48 bits per heavy atom. The minimum Gasteiger partial charge on any atom is -0.481 e. The Morgan fingerprint density at radius 1 is 1.30 bits per heavy atom. The molecule has 0 aliphatic heterocycles. The van der Waals surface area contributed by atoms with Gasteiger partial charge in [0.05, 0.1) is 0 Å². The molecule has 0 aromatic heterocycles. The third-order valence-electron chi connectivity index (χ3n) is 4.08. The van der Waals surface area contributed by atoms with E-state index in [0.29, 0.717) is 24.6 Å². The van der Waals surface area contributed by atoms with Crippen molar-refractivity contribution in [1.29, 1.82) is 0 Å². The molecule has 2 N–H and O–H groups in total. The van der Waals surface area contributed by atoms with Crippen molar-refractivity contribution in [1.82, 2.24) is 5.32 Å². The molecular formula is C19H31NO3. The maximum absolute atomic E-state index is 12.2. The van der Waals surface area contributed by atoms with E-state index >= 15 is 0 Å². The number of ether oxygens (including phenoxy) is 1. The number of carbonyl (C=O) groups is 1. The van der Waals surface area contributed by atoms with Gasteiger partial charge in [0.1, 0.15) is 5.75 Å². The summed E-state index contributed by atoms with van der Waals surface area (Å²) in [5, 5.41) is 11.9. The monoisotopic (exact) mass is 321 g/mol. The Bertz CT molecular complexity index is 523. The molecule has 0 spiro atoms. The van der Waals surface area contributed by atoms with Crippen LogP contribution >= 0.6 is 0 Å². The largest absolute Gasteiger partial charge is 0.481 e. The summed E-state index contributed by atoms with van der Waals surface area (Å²) in [4.78, 5) is 12.2. The van der Waals surface area contributed by atoms with Crippen LogP contribution < -0.4 is 10.1 Å². The van der Waals surface area contributed by atoms with E-state index in [1.54, 1.807) is 6.92 Å². The quantitative estimate of drug-likeness (QED) is 0.771. The van der Waals surface area contributed by atoms with E-state index in [1.165, 1.54) is 11.1 Å². The fourth-order valence-corrected chi connectivity index (χ4v) is 2.49. The Hall–Kier alpha value is -1.55. The Balaban J connectivity index is 2.60. The van der Waals surface area contributed by atoms with Gasteiger partial charge < -0.3 is 15.2 Å². The first kappa shape index (κ1) is 19.5. The summed E-state index contributed by atoms with van der Waals surface area (Å²) in [7, 11) is 0. The minimum atomic E-state index is -0.552. The number of nitrogens with one attached hydrogen (secondary N) is 1. The first-order chi connectivity index (χ1) is 10.7. The van der Waals surface area contributed by atoms with E-state index < -0.39 is 6.10 Å². The van der Waals surface area contributed by atoms with Gasteiger partial charge in [-0.25, -0.2) is 0 Å². The van der Waals surface area contributed by atoms with Crippen LogP contribution in [0, 0.1) is 12.3 Å². The lowest BCUT2D eigenvalue weighted by Crippen LogP contribution is -2.41. The van der Waals surface area contributed by atoms with Crippen molar-refractivity contribution >= 4 is 5.91 Å². The van der Waals surface area contributed by atoms with Crippen molar-refractivity contribution in [2.24, 2.45) is 5.41 Å². The van der Waals surface area contributed by atoms with Crippen LogP contribution in [-0.4, -0.2) is 30.3 Å². The number of amides is 1. The summed E-state index contributed by atoms with van der Waals surface area (Å²) >= 11 is 0.